The van der Waals surface area contributed by atoms with E-state index in [1.807, 2.05) is 0 Å². The molecule has 0 amide bonds. The van der Waals surface area contributed by atoms with E-state index in [0.29, 0.717) is 5.57 Å². The highest BCUT2D eigenvalue weighted by molar-refractivity contribution is 5.15. The lowest BCUT2D eigenvalue weighted by Gasteiger charge is -1.92. The zero-order chi connectivity index (χ0) is 6.41. The summed E-state index contributed by atoms with van der Waals surface area (Å²) in [4.78, 5) is 0. The summed E-state index contributed by atoms with van der Waals surface area (Å²) in [6, 6.07) is 1.77. The first-order chi connectivity index (χ1) is 3.81. The van der Waals surface area contributed by atoms with Crippen LogP contribution < -0.4 is 0 Å². The van der Waals surface area contributed by atoms with Gasteiger partial charge in [0.05, 0.1) is 12.7 Å². The van der Waals surface area contributed by atoms with Crippen LogP contribution >= 0.6 is 0 Å². The van der Waals surface area contributed by atoms with E-state index in [1.165, 1.54) is 0 Å². The second kappa shape index (κ2) is 4.31. The quantitative estimate of drug-likeness (QED) is 0.415. The second-order valence-electron chi connectivity index (χ2n) is 1.19. The summed E-state index contributed by atoms with van der Waals surface area (Å²) in [5, 5.41) is 16.1. The van der Waals surface area contributed by atoms with E-state index in [2.05, 4.69) is 11.3 Å². The monoisotopic (exact) mass is 113 g/mol. The SMILES string of the molecule is C=C(C#N)COCO. The van der Waals surface area contributed by atoms with Gasteiger partial charge >= 0.3 is 0 Å². The van der Waals surface area contributed by atoms with Crippen LogP contribution in [0.25, 0.3) is 0 Å². The van der Waals surface area contributed by atoms with Crippen molar-refractivity contribution in [3.63, 3.8) is 0 Å². The van der Waals surface area contributed by atoms with E-state index < -0.39 is 0 Å². The van der Waals surface area contributed by atoms with Crippen molar-refractivity contribution in [3.8, 4) is 6.07 Å². The van der Waals surface area contributed by atoms with Crippen LogP contribution in [0.3, 0.4) is 0 Å². The topological polar surface area (TPSA) is 53.2 Å². The van der Waals surface area contributed by atoms with Crippen LogP contribution in [0.4, 0.5) is 0 Å². The lowest BCUT2D eigenvalue weighted by atomic mass is 10.4. The molecule has 0 fully saturated rings. The molecule has 0 bridgehead atoms. The summed E-state index contributed by atoms with van der Waals surface area (Å²) < 4.78 is 4.42. The van der Waals surface area contributed by atoms with Gasteiger partial charge in [-0.25, -0.2) is 0 Å². The fourth-order valence-corrected chi connectivity index (χ4v) is 0.201. The zero-order valence-electron chi connectivity index (χ0n) is 4.42. The van der Waals surface area contributed by atoms with Gasteiger partial charge in [-0.3, -0.25) is 0 Å². The molecule has 44 valence electrons. The van der Waals surface area contributed by atoms with Crippen LogP contribution in [-0.2, 0) is 4.74 Å². The van der Waals surface area contributed by atoms with Gasteiger partial charge in [0.25, 0.3) is 0 Å². The zero-order valence-corrected chi connectivity index (χ0v) is 4.42. The Bertz CT molecular complexity index is 114. The van der Waals surface area contributed by atoms with Gasteiger partial charge in [-0.05, 0) is 0 Å². The third-order valence-corrected chi connectivity index (χ3v) is 0.526. The Morgan fingerprint density at radius 2 is 2.50 bits per heavy atom. The third-order valence-electron chi connectivity index (χ3n) is 0.526. The fourth-order valence-electron chi connectivity index (χ4n) is 0.201. The van der Waals surface area contributed by atoms with Crippen molar-refractivity contribution in [2.75, 3.05) is 13.4 Å². The van der Waals surface area contributed by atoms with Crippen LogP contribution in [0.15, 0.2) is 12.2 Å². The Morgan fingerprint density at radius 1 is 1.88 bits per heavy atom. The van der Waals surface area contributed by atoms with Crippen molar-refractivity contribution in [3.05, 3.63) is 12.2 Å². The summed E-state index contributed by atoms with van der Waals surface area (Å²) in [6.07, 6.45) is 0. The molecule has 0 aromatic carbocycles. The Morgan fingerprint density at radius 3 is 2.88 bits per heavy atom. The lowest BCUT2D eigenvalue weighted by molar-refractivity contribution is 0.0113. The molecular weight excluding hydrogens is 106 g/mol. The number of hydrogen-bond donors (Lipinski definition) is 1. The predicted octanol–water partition coefficient (Wildman–Crippen LogP) is 0.0326. The number of rotatable bonds is 3. The van der Waals surface area contributed by atoms with Crippen molar-refractivity contribution in [1.29, 1.82) is 5.26 Å². The van der Waals surface area contributed by atoms with Gasteiger partial charge in [-0.15, -0.1) is 0 Å². The summed E-state index contributed by atoms with van der Waals surface area (Å²) in [7, 11) is 0. The summed E-state index contributed by atoms with van der Waals surface area (Å²) in [5.74, 6) is 0. The summed E-state index contributed by atoms with van der Waals surface area (Å²) in [6.45, 7) is 3.07. The Labute approximate surface area is 47.8 Å². The number of hydrogen-bond acceptors (Lipinski definition) is 3. The van der Waals surface area contributed by atoms with Crippen molar-refractivity contribution < 1.29 is 9.84 Å². The standard InChI is InChI=1S/C5H7NO2/c1-5(2-6)3-8-4-7/h7H,1,3-4H2. The highest BCUT2D eigenvalue weighted by atomic mass is 16.6. The van der Waals surface area contributed by atoms with Crippen LogP contribution in [0.5, 0.6) is 0 Å². The molecule has 0 aliphatic heterocycles. The molecule has 3 nitrogen and oxygen atoms in total. The Kier molecular flexibility index (Phi) is 3.85. The van der Waals surface area contributed by atoms with Gasteiger partial charge in [0.1, 0.15) is 6.79 Å². The minimum atomic E-state index is -0.360. The van der Waals surface area contributed by atoms with E-state index in [-0.39, 0.29) is 13.4 Å². The first-order valence-electron chi connectivity index (χ1n) is 2.07. The molecule has 0 saturated carbocycles. The maximum absolute atomic E-state index is 8.05. The third kappa shape index (κ3) is 3.34. The van der Waals surface area contributed by atoms with Crippen LogP contribution in [0.2, 0.25) is 0 Å². The minimum absolute atomic E-state index is 0.118. The number of nitrogens with zero attached hydrogens (tertiary/aromatic N) is 1. The number of nitriles is 1. The molecule has 0 aliphatic rings. The molecule has 0 saturated heterocycles. The number of ether oxygens (including phenoxy) is 1. The van der Waals surface area contributed by atoms with Gasteiger partial charge < -0.3 is 9.84 Å². The molecule has 3 heteroatoms. The molecule has 8 heavy (non-hydrogen) atoms. The number of aliphatic hydroxyl groups is 1. The van der Waals surface area contributed by atoms with Crippen molar-refractivity contribution in [2.24, 2.45) is 0 Å². The van der Waals surface area contributed by atoms with E-state index in [0.717, 1.165) is 0 Å². The minimum Gasteiger partial charge on any atom is -0.371 e. The molecule has 0 rings (SSSR count). The molecular formula is C5H7NO2. The maximum atomic E-state index is 8.05. The average Bonchev–Trinajstić information content (AvgIpc) is 1.83. The second-order valence-corrected chi connectivity index (χ2v) is 1.19. The van der Waals surface area contributed by atoms with Crippen LogP contribution in [0, 0.1) is 11.3 Å². The molecule has 0 heterocycles. The molecule has 1 N–H and O–H groups in total. The smallest absolute Gasteiger partial charge is 0.144 e. The van der Waals surface area contributed by atoms with Gasteiger partial charge in [-0.2, -0.15) is 5.26 Å². The lowest BCUT2D eigenvalue weighted by Crippen LogP contribution is -1.95. The molecule has 0 atom stereocenters. The maximum Gasteiger partial charge on any atom is 0.144 e. The highest BCUT2D eigenvalue weighted by Crippen LogP contribution is 1.85. The van der Waals surface area contributed by atoms with Crippen molar-refractivity contribution in [2.45, 2.75) is 0 Å². The van der Waals surface area contributed by atoms with E-state index in [4.69, 9.17) is 10.4 Å². The van der Waals surface area contributed by atoms with Gasteiger partial charge in [0.2, 0.25) is 0 Å². The molecule has 0 radical (unpaired) electrons. The first-order valence-corrected chi connectivity index (χ1v) is 2.07. The van der Waals surface area contributed by atoms with Crippen molar-refractivity contribution >= 4 is 0 Å². The fraction of sp³-hybridized carbons (Fsp3) is 0.400. The Hall–Kier alpha value is -0.850. The summed E-state index contributed by atoms with van der Waals surface area (Å²) >= 11 is 0. The van der Waals surface area contributed by atoms with Crippen molar-refractivity contribution in [1.82, 2.24) is 0 Å². The van der Waals surface area contributed by atoms with Crippen LogP contribution in [-0.4, -0.2) is 18.5 Å². The molecule has 0 unspecified atom stereocenters. The predicted molar refractivity (Wildman–Crippen MR) is 27.8 cm³/mol. The normalized spacial score (nSPS) is 8.00. The van der Waals surface area contributed by atoms with E-state index >= 15 is 0 Å². The van der Waals surface area contributed by atoms with E-state index in [1.54, 1.807) is 6.07 Å². The molecule has 0 aliphatic carbocycles. The van der Waals surface area contributed by atoms with Gasteiger partial charge in [-0.1, -0.05) is 6.58 Å². The first kappa shape index (κ1) is 7.15. The number of aliphatic hydroxyl groups excluding tert-OH is 1. The van der Waals surface area contributed by atoms with Crippen LogP contribution in [0.1, 0.15) is 0 Å². The summed E-state index contributed by atoms with van der Waals surface area (Å²) in [5.41, 5.74) is 0.319. The largest absolute Gasteiger partial charge is 0.371 e. The van der Waals surface area contributed by atoms with Gasteiger partial charge in [0, 0.05) is 5.57 Å². The Balaban J connectivity index is 3.16. The molecule has 0 aromatic rings. The van der Waals surface area contributed by atoms with E-state index in [9.17, 15) is 0 Å². The molecule has 0 spiro atoms. The average molecular weight is 113 g/mol. The molecule has 0 aromatic heterocycles. The van der Waals surface area contributed by atoms with Gasteiger partial charge in [0.15, 0.2) is 0 Å². The highest BCUT2D eigenvalue weighted by Gasteiger charge is 1.86.